The Balaban J connectivity index is 0.000000241. The molecule has 8 rings (SSSR count). The minimum Gasteiger partial charge on any atom is -0.399 e. The third-order valence-electron chi connectivity index (χ3n) is 7.78. The highest BCUT2D eigenvalue weighted by Crippen LogP contribution is 2.61. The SMILES string of the molecule is C.Nc1ccc(F)c(Cl)c1.O=P(Cl)(Cl)Cl.O=[N+]([O-])c1cc2c(Cl)ncnc2cc1F.O=[N+]([O-])c1cc2c(Nc3ccc(F)c(Cl)c3)ncnc2cc1F.O=c1[nH]cnc2cc(F)c([N+](=O)[O-])cc12. The van der Waals surface area contributed by atoms with Gasteiger partial charge in [0.15, 0.2) is 0 Å². The molecular weight excluding hydrogens is 1070 g/mol. The summed E-state index contributed by atoms with van der Waals surface area (Å²) in [6.45, 7) is 0. The second-order valence-electron chi connectivity index (χ2n) is 12.2. The number of nitro benzene ring substituents is 3. The molecule has 5 aromatic carbocycles. The average molecular weight is 1090 g/mol. The summed E-state index contributed by atoms with van der Waals surface area (Å²) >= 11 is 30.6. The van der Waals surface area contributed by atoms with E-state index in [9.17, 15) is 61.7 Å². The van der Waals surface area contributed by atoms with Gasteiger partial charge in [-0.3, -0.25) is 39.7 Å². The number of aromatic amines is 1. The number of hydrogen-bond donors (Lipinski definition) is 3. The molecule has 19 nitrogen and oxygen atoms in total. The predicted molar refractivity (Wildman–Crippen MR) is 249 cm³/mol. The van der Waals surface area contributed by atoms with Crippen molar-refractivity contribution >= 4 is 141 Å². The van der Waals surface area contributed by atoms with Crippen LogP contribution in [-0.2, 0) is 4.57 Å². The van der Waals surface area contributed by atoms with E-state index in [1.165, 1.54) is 36.7 Å². The summed E-state index contributed by atoms with van der Waals surface area (Å²) in [5.74, 6) is -3.75. The van der Waals surface area contributed by atoms with E-state index in [1.807, 2.05) is 0 Å². The van der Waals surface area contributed by atoms with Gasteiger partial charge in [-0.1, -0.05) is 42.2 Å². The van der Waals surface area contributed by atoms with Crippen LogP contribution in [0.25, 0.3) is 32.7 Å². The van der Waals surface area contributed by atoms with Crippen LogP contribution in [0.4, 0.5) is 56.2 Å². The topological polar surface area (TPSA) is 282 Å². The average Bonchev–Trinajstić information content (AvgIpc) is 3.23. The molecule has 0 atom stereocenters. The molecule has 4 N–H and O–H groups in total. The van der Waals surface area contributed by atoms with Gasteiger partial charge in [-0.25, -0.2) is 33.7 Å². The fourth-order valence-electron chi connectivity index (χ4n) is 4.92. The highest BCUT2D eigenvalue weighted by atomic mass is 36.0. The summed E-state index contributed by atoms with van der Waals surface area (Å²) in [7, 11) is 0. The normalized spacial score (nSPS) is 10.4. The van der Waals surface area contributed by atoms with Crippen LogP contribution in [0.15, 0.2) is 96.6 Å². The first-order chi connectivity index (χ1) is 31.3. The van der Waals surface area contributed by atoms with Crippen LogP contribution in [0.1, 0.15) is 7.43 Å². The number of hydrogen-bond acceptors (Lipinski definition) is 15. The van der Waals surface area contributed by atoms with Crippen molar-refractivity contribution in [3.8, 4) is 0 Å². The van der Waals surface area contributed by atoms with Crippen molar-refractivity contribution in [2.24, 2.45) is 0 Å². The largest absolute Gasteiger partial charge is 0.399 e. The molecule has 0 saturated carbocycles. The molecule has 0 aliphatic rings. The number of nitro groups is 3. The fraction of sp³-hybridized carbons (Fsp3) is 0.0270. The van der Waals surface area contributed by atoms with Crippen molar-refractivity contribution in [3.05, 3.63) is 177 Å². The number of nitrogens with two attached hydrogens (primary N) is 1. The molecule has 3 aromatic heterocycles. The maximum Gasteiger partial charge on any atom is 0.339 e. The monoisotopic (exact) mass is 1080 g/mol. The first kappa shape index (κ1) is 55.7. The molecule has 0 unspecified atom stereocenters. The Bertz CT molecular complexity index is 3300. The first-order valence-corrected chi connectivity index (χ1v) is 22.7. The Morgan fingerprint density at radius 1 is 0.588 bits per heavy atom. The molecule has 0 amide bonds. The van der Waals surface area contributed by atoms with Crippen LogP contribution >= 0.6 is 73.7 Å². The third kappa shape index (κ3) is 15.7. The summed E-state index contributed by atoms with van der Waals surface area (Å²) in [4.78, 5) is 61.6. The molecule has 0 aliphatic heterocycles. The molecule has 0 radical (unpaired) electrons. The van der Waals surface area contributed by atoms with Gasteiger partial charge in [0.05, 0.1) is 58.5 Å². The molecule has 0 fully saturated rings. The zero-order valence-corrected chi connectivity index (χ0v) is 37.6. The van der Waals surface area contributed by atoms with E-state index in [-0.39, 0.29) is 61.2 Å². The zero-order valence-electron chi connectivity index (χ0n) is 32.2. The number of halogens is 11. The minimum absolute atomic E-state index is 0. The molecule has 356 valence electrons. The van der Waals surface area contributed by atoms with Crippen LogP contribution < -0.4 is 16.6 Å². The highest BCUT2D eigenvalue weighted by Gasteiger charge is 2.20. The standard InChI is InChI=1S/C14H7ClF2N4O2.C8H3ClFN3O2.C8H4FN3O3.C6H5ClFN.CH4.Cl3OP/c15-9-3-7(1-2-10(9)16)20-14-8-4-13(21(22)23)11(17)5-12(8)18-6-19-14;9-8-4-1-7(13(14)15)5(10)2-6(4)11-3-12-8;9-5-2-6-4(1-7(5)12(14)15)8(13)11-3-10-6;7-5-3-4(9)1-2-6(5)8;;1-5(2,3)4/h1-6H,(H,18,19,20);1-3H;1-3H,(H,10,11,13);1-3H,9H2;1H4;. The number of benzene rings is 5. The molecule has 31 heteroatoms. The second-order valence-corrected chi connectivity index (χ2v) is 20.0. The zero-order chi connectivity index (χ0) is 49.9. The van der Waals surface area contributed by atoms with E-state index in [1.54, 1.807) is 0 Å². The van der Waals surface area contributed by atoms with Gasteiger partial charge in [0.25, 0.3) is 5.56 Å². The van der Waals surface area contributed by atoms with Crippen LogP contribution in [0.3, 0.4) is 0 Å². The fourth-order valence-corrected chi connectivity index (χ4v) is 5.49. The number of aromatic nitrogens is 6. The van der Waals surface area contributed by atoms with E-state index in [2.05, 4.69) is 68.9 Å². The Morgan fingerprint density at radius 2 is 1.01 bits per heavy atom. The lowest BCUT2D eigenvalue weighted by Gasteiger charge is -2.09. The number of fused-ring (bicyclic) bond motifs is 3. The lowest BCUT2D eigenvalue weighted by Crippen LogP contribution is -2.07. The van der Waals surface area contributed by atoms with Crippen LogP contribution in [0.5, 0.6) is 0 Å². The maximum absolute atomic E-state index is 13.6. The van der Waals surface area contributed by atoms with E-state index in [0.29, 0.717) is 11.4 Å². The summed E-state index contributed by atoms with van der Waals surface area (Å²) in [5, 5.41) is 31.9. The van der Waals surface area contributed by atoms with E-state index in [0.717, 1.165) is 55.1 Å². The summed E-state index contributed by atoms with van der Waals surface area (Å²) < 4.78 is 74.9. The van der Waals surface area contributed by atoms with Gasteiger partial charge >= 0.3 is 22.3 Å². The van der Waals surface area contributed by atoms with Crippen molar-refractivity contribution in [1.29, 1.82) is 0 Å². The maximum atomic E-state index is 13.6. The molecule has 0 spiro atoms. The van der Waals surface area contributed by atoms with Crippen LogP contribution in [-0.4, -0.2) is 44.7 Å². The van der Waals surface area contributed by atoms with Gasteiger partial charge in [-0.05, 0) is 70.1 Å². The van der Waals surface area contributed by atoms with Gasteiger partial charge in [0.2, 0.25) is 17.5 Å². The van der Waals surface area contributed by atoms with E-state index < -0.39 is 71.7 Å². The number of rotatable bonds is 5. The quantitative estimate of drug-likeness (QED) is 0.0361. The molecular formula is C37H23Cl6F5N11O8P. The third-order valence-corrected chi connectivity index (χ3v) is 8.66. The lowest BCUT2D eigenvalue weighted by molar-refractivity contribution is -0.387. The number of H-pyrrole nitrogens is 1. The van der Waals surface area contributed by atoms with Crippen LogP contribution in [0.2, 0.25) is 15.2 Å². The summed E-state index contributed by atoms with van der Waals surface area (Å²) in [5.41, 5.74) is 4.08. The predicted octanol–water partition coefficient (Wildman–Crippen LogP) is 13.0. The molecule has 3 heterocycles. The smallest absolute Gasteiger partial charge is 0.339 e. The van der Waals surface area contributed by atoms with Crippen molar-refractivity contribution in [1.82, 2.24) is 29.9 Å². The van der Waals surface area contributed by atoms with E-state index >= 15 is 0 Å². The van der Waals surface area contributed by atoms with E-state index in [4.69, 9.17) is 40.5 Å². The van der Waals surface area contributed by atoms with Gasteiger partial charge in [-0.2, -0.15) is 13.2 Å². The van der Waals surface area contributed by atoms with Crippen molar-refractivity contribution in [3.63, 3.8) is 0 Å². The lowest BCUT2D eigenvalue weighted by atomic mass is 10.2. The molecule has 0 aliphatic carbocycles. The summed E-state index contributed by atoms with van der Waals surface area (Å²) in [6.07, 6.45) is 3.45. The molecule has 8 aromatic rings. The Hall–Kier alpha value is -6.66. The molecule has 0 saturated heterocycles. The first-order valence-electron chi connectivity index (χ1n) is 17.1. The van der Waals surface area contributed by atoms with Crippen molar-refractivity contribution < 1.29 is 41.3 Å². The molecule has 0 bridgehead atoms. The number of nitrogen functional groups attached to an aromatic ring is 1. The van der Waals surface area contributed by atoms with Crippen LogP contribution in [0, 0.1) is 59.4 Å². The highest BCUT2D eigenvalue weighted by molar-refractivity contribution is 8.24. The Labute approximate surface area is 405 Å². The van der Waals surface area contributed by atoms with Crippen molar-refractivity contribution in [2.75, 3.05) is 11.1 Å². The van der Waals surface area contributed by atoms with Gasteiger partial charge in [-0.15, -0.1) is 0 Å². The Morgan fingerprint density at radius 3 is 1.49 bits per heavy atom. The van der Waals surface area contributed by atoms with Gasteiger partial charge < -0.3 is 16.0 Å². The van der Waals surface area contributed by atoms with Gasteiger partial charge in [0, 0.05) is 53.2 Å². The number of nitrogens with zero attached hydrogens (tertiary/aromatic N) is 8. The van der Waals surface area contributed by atoms with Crippen molar-refractivity contribution in [2.45, 2.75) is 7.43 Å². The van der Waals surface area contributed by atoms with Gasteiger partial charge in [0.1, 0.15) is 35.3 Å². The number of nitrogens with one attached hydrogen (secondary N) is 2. The Kier molecular flexibility index (Phi) is 20.0. The summed E-state index contributed by atoms with van der Waals surface area (Å²) in [6, 6.07) is 13.7. The minimum atomic E-state index is -3.22. The number of anilines is 3. The second kappa shape index (κ2) is 24.4. The molecule has 68 heavy (non-hydrogen) atoms.